The normalized spacial score (nSPS) is 9.20. The van der Waals surface area contributed by atoms with E-state index in [4.69, 9.17) is 10.5 Å². The summed E-state index contributed by atoms with van der Waals surface area (Å²) < 4.78 is 0.844. The zero-order valence-corrected chi connectivity index (χ0v) is 7.48. The van der Waals surface area contributed by atoms with Crippen molar-refractivity contribution in [2.75, 3.05) is 34.3 Å². The first-order valence-corrected chi connectivity index (χ1v) is 3.31. The van der Waals surface area contributed by atoms with E-state index in [1.165, 1.54) is 5.16 Å². The quantitative estimate of drug-likeness (QED) is 0.361. The molecule has 0 aliphatic carbocycles. The number of aliphatic hydroxyl groups excluding tert-OH is 1. The summed E-state index contributed by atoms with van der Waals surface area (Å²) in [6, 6.07) is 0. The van der Waals surface area contributed by atoms with Crippen LogP contribution in [0.2, 0.25) is 0 Å². The molecule has 0 aliphatic rings. The number of thiocarbonyl (C=S) groups is 1. The van der Waals surface area contributed by atoms with Gasteiger partial charge in [0.2, 0.25) is 0 Å². The minimum atomic E-state index is 0.281. The molecule has 0 saturated carbocycles. The first-order valence-electron chi connectivity index (χ1n) is 2.90. The molecule has 0 aromatic heterocycles. The molecule has 0 bridgehead atoms. The molecule has 4 heteroatoms. The molecule has 0 aliphatic heterocycles. The Morgan fingerprint density at radius 1 is 1.50 bits per heavy atom. The standard InChI is InChI=1S/C5H14NO.CNS/c1-6(2,3)4-5-7;2-1-3/h7H,4-5H2,1-3H3;/q+1;-1. The molecule has 3 nitrogen and oxygen atoms in total. The van der Waals surface area contributed by atoms with Crippen molar-refractivity contribution in [3.05, 3.63) is 5.41 Å². The second-order valence-electron chi connectivity index (χ2n) is 2.83. The third-order valence-corrected chi connectivity index (χ3v) is 0.771. The summed E-state index contributed by atoms with van der Waals surface area (Å²) >= 11 is 3.70. The third kappa shape index (κ3) is 25.2. The summed E-state index contributed by atoms with van der Waals surface area (Å²) in [5.74, 6) is 0. The van der Waals surface area contributed by atoms with Crippen LogP contribution in [0.1, 0.15) is 0 Å². The van der Waals surface area contributed by atoms with E-state index in [-0.39, 0.29) is 6.61 Å². The third-order valence-electron chi connectivity index (χ3n) is 0.771. The average molecular weight is 162 g/mol. The minimum Gasteiger partial charge on any atom is -0.753 e. The average Bonchev–Trinajstić information content (AvgIpc) is 1.63. The first kappa shape index (κ1) is 12.4. The molecular weight excluding hydrogens is 148 g/mol. The van der Waals surface area contributed by atoms with Gasteiger partial charge in [-0.15, -0.1) is 0 Å². The molecule has 0 spiro atoms. The van der Waals surface area contributed by atoms with Crippen molar-refractivity contribution in [3.8, 4) is 0 Å². The highest BCUT2D eigenvalue weighted by Crippen LogP contribution is 1.84. The summed E-state index contributed by atoms with van der Waals surface area (Å²) in [6.07, 6.45) is 0. The van der Waals surface area contributed by atoms with Crippen LogP contribution in [0.15, 0.2) is 0 Å². The second-order valence-corrected chi connectivity index (χ2v) is 3.01. The van der Waals surface area contributed by atoms with E-state index >= 15 is 0 Å². The number of aliphatic hydroxyl groups is 1. The molecule has 10 heavy (non-hydrogen) atoms. The largest absolute Gasteiger partial charge is 0.753 e. The molecule has 0 saturated heterocycles. The number of isothiocyanates is 1. The van der Waals surface area contributed by atoms with Gasteiger partial charge in [-0.2, -0.15) is 5.16 Å². The number of quaternary nitrogens is 1. The zero-order valence-electron chi connectivity index (χ0n) is 6.66. The van der Waals surface area contributed by atoms with E-state index in [9.17, 15) is 0 Å². The van der Waals surface area contributed by atoms with Gasteiger partial charge in [0.25, 0.3) is 0 Å². The number of hydrogen-bond donors (Lipinski definition) is 1. The maximum absolute atomic E-state index is 8.39. The van der Waals surface area contributed by atoms with Gasteiger partial charge in [-0.3, -0.25) is 0 Å². The second kappa shape index (κ2) is 6.83. The SMILES string of the molecule is C[N+](C)(C)CCO.[N-]=C=S. The lowest BCUT2D eigenvalue weighted by Gasteiger charge is -2.21. The summed E-state index contributed by atoms with van der Waals surface area (Å²) in [7, 11) is 6.16. The molecule has 0 aromatic rings. The van der Waals surface area contributed by atoms with E-state index < -0.39 is 0 Å². The van der Waals surface area contributed by atoms with Crippen LogP contribution in [0.3, 0.4) is 0 Å². The maximum Gasteiger partial charge on any atom is 0.101 e. The van der Waals surface area contributed by atoms with E-state index in [0.29, 0.717) is 0 Å². The van der Waals surface area contributed by atoms with Crippen molar-refractivity contribution >= 4 is 17.4 Å². The highest BCUT2D eigenvalue weighted by molar-refractivity contribution is 7.78. The summed E-state index contributed by atoms with van der Waals surface area (Å²) in [4.78, 5) is 0. The lowest BCUT2D eigenvalue weighted by Crippen LogP contribution is -2.36. The van der Waals surface area contributed by atoms with Gasteiger partial charge in [-0.05, 0) is 0 Å². The van der Waals surface area contributed by atoms with Crippen molar-refractivity contribution in [1.29, 1.82) is 0 Å². The fraction of sp³-hybridized carbons (Fsp3) is 0.833. The molecule has 0 atom stereocenters. The Morgan fingerprint density at radius 3 is 1.80 bits per heavy atom. The molecule has 0 aromatic carbocycles. The van der Waals surface area contributed by atoms with Gasteiger partial charge in [0.1, 0.15) is 6.54 Å². The predicted molar refractivity (Wildman–Crippen MR) is 45.9 cm³/mol. The van der Waals surface area contributed by atoms with Crippen LogP contribution in [0.5, 0.6) is 0 Å². The van der Waals surface area contributed by atoms with Crippen molar-refractivity contribution < 1.29 is 9.59 Å². The van der Waals surface area contributed by atoms with Crippen molar-refractivity contribution in [2.45, 2.75) is 0 Å². The topological polar surface area (TPSA) is 42.5 Å². The monoisotopic (exact) mass is 162 g/mol. The molecule has 0 heterocycles. The van der Waals surface area contributed by atoms with Crippen molar-refractivity contribution in [1.82, 2.24) is 0 Å². The molecule has 0 rings (SSSR count). The van der Waals surface area contributed by atoms with Gasteiger partial charge >= 0.3 is 0 Å². The fourth-order valence-corrected chi connectivity index (χ4v) is 0.300. The molecular formula is C6H14N2OS. The van der Waals surface area contributed by atoms with Crippen LogP contribution in [0.4, 0.5) is 0 Å². The van der Waals surface area contributed by atoms with Crippen LogP contribution in [0, 0.1) is 0 Å². The zero-order chi connectivity index (χ0) is 8.62. The Hall–Kier alpha value is -0.280. The Bertz CT molecular complexity index is 103. The number of rotatable bonds is 2. The van der Waals surface area contributed by atoms with Crippen LogP contribution in [-0.4, -0.2) is 49.0 Å². The number of likely N-dealkylation sites (N-methyl/N-ethyl adjacent to an activating group) is 1. The molecule has 1 N–H and O–H groups in total. The summed E-state index contributed by atoms with van der Waals surface area (Å²) in [6.45, 7) is 1.11. The lowest BCUT2D eigenvalue weighted by atomic mass is 10.5. The van der Waals surface area contributed by atoms with Gasteiger partial charge in [-0.25, -0.2) is 0 Å². The fourth-order valence-electron chi connectivity index (χ4n) is 0.300. The summed E-state index contributed by atoms with van der Waals surface area (Å²) in [5, 5.41) is 16.9. The molecule has 0 radical (unpaired) electrons. The Morgan fingerprint density at radius 2 is 1.80 bits per heavy atom. The minimum absolute atomic E-state index is 0.281. The predicted octanol–water partition coefficient (Wildman–Crippen LogP) is 0.344. The van der Waals surface area contributed by atoms with E-state index in [1.807, 2.05) is 0 Å². The Balaban J connectivity index is 0. The first-order chi connectivity index (χ1) is 4.47. The van der Waals surface area contributed by atoms with E-state index in [1.54, 1.807) is 0 Å². The highest BCUT2D eigenvalue weighted by atomic mass is 32.1. The Kier molecular flexibility index (Phi) is 8.48. The number of nitrogens with zero attached hydrogens (tertiary/aromatic N) is 2. The van der Waals surface area contributed by atoms with E-state index in [2.05, 4.69) is 33.4 Å². The Labute approximate surface area is 67.4 Å². The van der Waals surface area contributed by atoms with Crippen molar-refractivity contribution in [3.63, 3.8) is 0 Å². The molecule has 0 amide bonds. The lowest BCUT2D eigenvalue weighted by molar-refractivity contribution is -0.870. The van der Waals surface area contributed by atoms with Gasteiger partial charge in [0.15, 0.2) is 0 Å². The van der Waals surface area contributed by atoms with Crippen molar-refractivity contribution in [2.24, 2.45) is 0 Å². The van der Waals surface area contributed by atoms with Gasteiger partial charge in [0, 0.05) is 0 Å². The van der Waals surface area contributed by atoms with Crippen LogP contribution in [-0.2, 0) is 0 Å². The maximum atomic E-state index is 8.39. The summed E-state index contributed by atoms with van der Waals surface area (Å²) in [5.41, 5.74) is 0. The molecule has 0 unspecified atom stereocenters. The van der Waals surface area contributed by atoms with Crippen LogP contribution in [0.25, 0.3) is 5.41 Å². The van der Waals surface area contributed by atoms with Crippen LogP contribution >= 0.6 is 12.2 Å². The van der Waals surface area contributed by atoms with E-state index in [0.717, 1.165) is 11.0 Å². The highest BCUT2D eigenvalue weighted by Gasteiger charge is 2.02. The van der Waals surface area contributed by atoms with Crippen LogP contribution < -0.4 is 0 Å². The number of hydrogen-bond acceptors (Lipinski definition) is 2. The van der Waals surface area contributed by atoms with Gasteiger partial charge in [-0.1, -0.05) is 12.2 Å². The molecule has 60 valence electrons. The smallest absolute Gasteiger partial charge is 0.101 e. The van der Waals surface area contributed by atoms with Gasteiger partial charge < -0.3 is 15.0 Å². The molecule has 0 fully saturated rings. The van der Waals surface area contributed by atoms with Gasteiger partial charge in [0.05, 0.1) is 27.7 Å².